The molecule has 0 aromatic heterocycles. The van der Waals surface area contributed by atoms with Crippen LogP contribution in [-0.2, 0) is 0 Å². The van der Waals surface area contributed by atoms with Gasteiger partial charge in [0.1, 0.15) is 0 Å². The summed E-state index contributed by atoms with van der Waals surface area (Å²) in [6.07, 6.45) is 4.09. The molecule has 2 aliphatic rings. The van der Waals surface area contributed by atoms with Crippen LogP contribution in [0.3, 0.4) is 0 Å². The van der Waals surface area contributed by atoms with Crippen LogP contribution in [-0.4, -0.2) is 42.1 Å². The molecule has 1 heterocycles. The highest BCUT2D eigenvalue weighted by Gasteiger charge is 2.38. The third-order valence-corrected chi connectivity index (χ3v) is 5.94. The van der Waals surface area contributed by atoms with Crippen LogP contribution in [0.4, 0.5) is 0 Å². The zero-order valence-electron chi connectivity index (χ0n) is 12.3. The highest BCUT2D eigenvalue weighted by molar-refractivity contribution is 7.99. The van der Waals surface area contributed by atoms with Crippen molar-refractivity contribution >= 4 is 11.8 Å². The maximum absolute atomic E-state index is 6.02. The van der Waals surface area contributed by atoms with Crippen molar-refractivity contribution in [3.63, 3.8) is 0 Å². The zero-order chi connectivity index (χ0) is 13.2. The Morgan fingerprint density at radius 2 is 1.83 bits per heavy atom. The first-order valence-corrected chi connectivity index (χ1v) is 8.69. The third kappa shape index (κ3) is 3.43. The summed E-state index contributed by atoms with van der Waals surface area (Å²) >= 11 is 2.10. The van der Waals surface area contributed by atoms with Crippen LogP contribution in [0.25, 0.3) is 0 Å². The fourth-order valence-corrected chi connectivity index (χ4v) is 4.56. The topological polar surface area (TPSA) is 29.3 Å². The van der Waals surface area contributed by atoms with Gasteiger partial charge in [0.25, 0.3) is 0 Å². The van der Waals surface area contributed by atoms with Crippen molar-refractivity contribution in [3.8, 4) is 0 Å². The van der Waals surface area contributed by atoms with Gasteiger partial charge in [0, 0.05) is 30.6 Å². The molecule has 0 spiro atoms. The fourth-order valence-electron chi connectivity index (χ4n) is 3.63. The molecule has 2 rings (SSSR count). The Kier molecular flexibility index (Phi) is 5.01. The Morgan fingerprint density at radius 1 is 1.17 bits per heavy atom. The summed E-state index contributed by atoms with van der Waals surface area (Å²) in [6.45, 7) is 10.7. The summed E-state index contributed by atoms with van der Waals surface area (Å²) in [5.41, 5.74) is 6.48. The van der Waals surface area contributed by atoms with Gasteiger partial charge in [-0.05, 0) is 43.1 Å². The van der Waals surface area contributed by atoms with Gasteiger partial charge in [0.2, 0.25) is 0 Å². The molecule has 2 N–H and O–H groups in total. The lowest BCUT2D eigenvalue weighted by molar-refractivity contribution is 0.0506. The summed E-state index contributed by atoms with van der Waals surface area (Å²) in [5, 5.41) is 0. The minimum atomic E-state index is 0.461. The van der Waals surface area contributed by atoms with Gasteiger partial charge in [0.15, 0.2) is 0 Å². The van der Waals surface area contributed by atoms with E-state index in [1.165, 1.54) is 43.9 Å². The van der Waals surface area contributed by atoms with Crippen LogP contribution < -0.4 is 5.73 Å². The van der Waals surface area contributed by atoms with E-state index in [0.29, 0.717) is 5.41 Å². The van der Waals surface area contributed by atoms with E-state index in [2.05, 4.69) is 37.4 Å². The van der Waals surface area contributed by atoms with Gasteiger partial charge < -0.3 is 5.73 Å². The average molecular weight is 270 g/mol. The van der Waals surface area contributed by atoms with E-state index >= 15 is 0 Å². The van der Waals surface area contributed by atoms with Crippen LogP contribution in [0.2, 0.25) is 0 Å². The van der Waals surface area contributed by atoms with E-state index in [1.807, 2.05) is 0 Å². The quantitative estimate of drug-likeness (QED) is 0.836. The molecular weight excluding hydrogens is 240 g/mol. The van der Waals surface area contributed by atoms with E-state index in [9.17, 15) is 0 Å². The lowest BCUT2D eigenvalue weighted by Crippen LogP contribution is -2.51. The smallest absolute Gasteiger partial charge is 0.0139 e. The molecule has 0 amide bonds. The van der Waals surface area contributed by atoms with Gasteiger partial charge >= 0.3 is 0 Å². The molecule has 1 saturated carbocycles. The highest BCUT2D eigenvalue weighted by Crippen LogP contribution is 2.41. The Balaban J connectivity index is 2.02. The largest absolute Gasteiger partial charge is 0.330 e. The molecule has 1 saturated heterocycles. The summed E-state index contributed by atoms with van der Waals surface area (Å²) in [7, 11) is 0. The summed E-state index contributed by atoms with van der Waals surface area (Å²) in [5.74, 6) is 4.24. The Hall–Kier alpha value is 0.270. The molecular formula is C15H30N2S. The van der Waals surface area contributed by atoms with Crippen molar-refractivity contribution in [1.29, 1.82) is 0 Å². The molecule has 0 aromatic rings. The SMILES string of the molecule is CC(C)(C)C1CCC(CN)C(N2CCSCC2)C1. The van der Waals surface area contributed by atoms with Crippen molar-refractivity contribution in [3.05, 3.63) is 0 Å². The van der Waals surface area contributed by atoms with E-state index in [0.717, 1.165) is 24.4 Å². The molecule has 1 aliphatic heterocycles. The predicted molar refractivity (Wildman–Crippen MR) is 82.0 cm³/mol. The number of rotatable bonds is 2. The molecule has 0 radical (unpaired) electrons. The summed E-state index contributed by atoms with van der Waals surface area (Å²) < 4.78 is 0. The van der Waals surface area contributed by atoms with Crippen molar-refractivity contribution < 1.29 is 0 Å². The molecule has 3 atom stereocenters. The third-order valence-electron chi connectivity index (χ3n) is 5.00. The van der Waals surface area contributed by atoms with Gasteiger partial charge in [-0.25, -0.2) is 0 Å². The molecule has 0 bridgehead atoms. The van der Waals surface area contributed by atoms with E-state index in [-0.39, 0.29) is 0 Å². The minimum Gasteiger partial charge on any atom is -0.330 e. The molecule has 1 aliphatic carbocycles. The predicted octanol–water partition coefficient (Wildman–Crippen LogP) is 2.82. The van der Waals surface area contributed by atoms with Crippen molar-refractivity contribution in [1.82, 2.24) is 4.90 Å². The van der Waals surface area contributed by atoms with Crippen molar-refractivity contribution in [2.75, 3.05) is 31.1 Å². The van der Waals surface area contributed by atoms with E-state index in [1.54, 1.807) is 0 Å². The van der Waals surface area contributed by atoms with Gasteiger partial charge in [-0.15, -0.1) is 0 Å². The molecule has 0 aromatic carbocycles. The zero-order valence-corrected chi connectivity index (χ0v) is 13.1. The second-order valence-corrected chi connectivity index (χ2v) is 8.31. The van der Waals surface area contributed by atoms with Crippen LogP contribution >= 0.6 is 11.8 Å². The van der Waals surface area contributed by atoms with Crippen LogP contribution in [0.15, 0.2) is 0 Å². The first-order valence-electron chi connectivity index (χ1n) is 7.54. The molecule has 2 fully saturated rings. The van der Waals surface area contributed by atoms with Gasteiger partial charge in [-0.1, -0.05) is 20.8 Å². The maximum atomic E-state index is 6.02. The van der Waals surface area contributed by atoms with Crippen LogP contribution in [0, 0.1) is 17.3 Å². The second-order valence-electron chi connectivity index (χ2n) is 7.09. The number of nitrogens with zero attached hydrogens (tertiary/aromatic N) is 1. The van der Waals surface area contributed by atoms with E-state index < -0.39 is 0 Å². The number of hydrogen-bond donors (Lipinski definition) is 1. The highest BCUT2D eigenvalue weighted by atomic mass is 32.2. The van der Waals surface area contributed by atoms with Crippen molar-refractivity contribution in [2.24, 2.45) is 23.0 Å². The molecule has 2 nitrogen and oxygen atoms in total. The Bertz CT molecular complexity index is 256. The number of thioether (sulfide) groups is 1. The standard InChI is InChI=1S/C15H30N2S/c1-15(2,3)13-5-4-12(11-16)14(10-13)17-6-8-18-9-7-17/h12-14H,4-11,16H2,1-3H3. The van der Waals surface area contributed by atoms with Crippen LogP contribution in [0.1, 0.15) is 40.0 Å². The normalized spacial score (nSPS) is 35.7. The number of hydrogen-bond acceptors (Lipinski definition) is 3. The monoisotopic (exact) mass is 270 g/mol. The first kappa shape index (κ1) is 14.7. The summed E-state index contributed by atoms with van der Waals surface area (Å²) in [6, 6.07) is 0.758. The minimum absolute atomic E-state index is 0.461. The first-order chi connectivity index (χ1) is 8.52. The van der Waals surface area contributed by atoms with Crippen molar-refractivity contribution in [2.45, 2.75) is 46.1 Å². The molecule has 106 valence electrons. The Morgan fingerprint density at radius 3 is 2.39 bits per heavy atom. The lowest BCUT2D eigenvalue weighted by atomic mass is 9.67. The summed E-state index contributed by atoms with van der Waals surface area (Å²) in [4.78, 5) is 2.74. The fraction of sp³-hybridized carbons (Fsp3) is 1.00. The van der Waals surface area contributed by atoms with Gasteiger partial charge in [-0.2, -0.15) is 11.8 Å². The second kappa shape index (κ2) is 6.15. The average Bonchev–Trinajstić information content (AvgIpc) is 2.38. The lowest BCUT2D eigenvalue weighted by Gasteiger charge is -2.47. The van der Waals surface area contributed by atoms with Gasteiger partial charge in [0.05, 0.1) is 0 Å². The molecule has 3 unspecified atom stereocenters. The Labute approximate surface area is 117 Å². The maximum Gasteiger partial charge on any atom is 0.0139 e. The van der Waals surface area contributed by atoms with E-state index in [4.69, 9.17) is 5.73 Å². The number of nitrogens with two attached hydrogens (primary N) is 1. The molecule has 3 heteroatoms. The molecule has 18 heavy (non-hydrogen) atoms. The van der Waals surface area contributed by atoms with Crippen LogP contribution in [0.5, 0.6) is 0 Å². The van der Waals surface area contributed by atoms with Gasteiger partial charge in [-0.3, -0.25) is 4.90 Å².